The molecule has 0 rings (SSSR count). The Bertz CT molecular complexity index is 208. The topological polar surface area (TPSA) is 38.3 Å². The number of amides is 1. The van der Waals surface area contributed by atoms with E-state index in [2.05, 4.69) is 11.2 Å². The molecule has 0 fully saturated rings. The van der Waals surface area contributed by atoms with E-state index in [1.54, 1.807) is 0 Å². The van der Waals surface area contributed by atoms with Gasteiger partial charge in [-0.3, -0.25) is 4.79 Å². The molecule has 1 N–H and O–H groups in total. The van der Waals surface area contributed by atoms with Gasteiger partial charge in [-0.25, -0.2) is 0 Å². The maximum Gasteiger partial charge on any atom is 0.223 e. The molecule has 3 nitrogen and oxygen atoms in total. The second-order valence-corrected chi connectivity index (χ2v) is 3.44. The fraction of sp³-hybridized carbons (Fsp3) is 0.750. The van der Waals surface area contributed by atoms with Crippen molar-refractivity contribution in [3.63, 3.8) is 0 Å². The molecule has 1 atom stereocenters. The molecule has 0 radical (unpaired) electrons. The number of nitrogens with one attached hydrogen (secondary N) is 1. The van der Waals surface area contributed by atoms with Gasteiger partial charge in [-0.15, -0.1) is 6.42 Å². The highest BCUT2D eigenvalue weighted by molar-refractivity contribution is 5.76. The monoisotopic (exact) mass is 211 g/mol. The number of hydrogen-bond donors (Lipinski definition) is 1. The lowest BCUT2D eigenvalue weighted by molar-refractivity contribution is -0.122. The minimum absolute atomic E-state index is 0.0255. The Kier molecular flexibility index (Phi) is 8.90. The highest BCUT2D eigenvalue weighted by Crippen LogP contribution is 1.95. The third-order valence-corrected chi connectivity index (χ3v) is 1.94. The molecule has 0 aliphatic rings. The molecule has 0 heterocycles. The minimum Gasteiger partial charge on any atom is -0.381 e. The summed E-state index contributed by atoms with van der Waals surface area (Å²) < 4.78 is 5.22. The van der Waals surface area contributed by atoms with Gasteiger partial charge in [-0.2, -0.15) is 0 Å². The fourth-order valence-corrected chi connectivity index (χ4v) is 1.16. The maximum atomic E-state index is 11.4. The largest absolute Gasteiger partial charge is 0.381 e. The van der Waals surface area contributed by atoms with Crippen molar-refractivity contribution in [1.29, 1.82) is 0 Å². The van der Waals surface area contributed by atoms with Crippen LogP contribution in [0.3, 0.4) is 0 Å². The smallest absolute Gasteiger partial charge is 0.223 e. The third kappa shape index (κ3) is 8.02. The number of rotatable bonds is 8. The van der Waals surface area contributed by atoms with Crippen LogP contribution in [0.5, 0.6) is 0 Å². The maximum absolute atomic E-state index is 11.4. The van der Waals surface area contributed by atoms with E-state index in [1.165, 1.54) is 0 Å². The summed E-state index contributed by atoms with van der Waals surface area (Å²) in [5.74, 6) is 2.54. The predicted molar refractivity (Wildman–Crippen MR) is 61.4 cm³/mol. The molecule has 1 unspecified atom stereocenters. The van der Waals surface area contributed by atoms with Crippen molar-refractivity contribution < 1.29 is 9.53 Å². The lowest BCUT2D eigenvalue weighted by Gasteiger charge is -2.11. The van der Waals surface area contributed by atoms with Crippen LogP contribution in [0, 0.1) is 12.3 Å². The Morgan fingerprint density at radius 3 is 2.67 bits per heavy atom. The number of ether oxygens (including phenoxy) is 1. The first-order valence-electron chi connectivity index (χ1n) is 5.57. The van der Waals surface area contributed by atoms with Crippen molar-refractivity contribution in [3.05, 3.63) is 0 Å². The third-order valence-electron chi connectivity index (χ3n) is 1.94. The Hall–Kier alpha value is -1.01. The molecule has 1 amide bonds. The van der Waals surface area contributed by atoms with Crippen LogP contribution in [0.15, 0.2) is 0 Å². The molecular weight excluding hydrogens is 190 g/mol. The Labute approximate surface area is 92.6 Å². The Morgan fingerprint density at radius 2 is 2.13 bits per heavy atom. The zero-order valence-corrected chi connectivity index (χ0v) is 9.71. The summed E-state index contributed by atoms with van der Waals surface area (Å²) in [6, 6.07) is -0.131. The van der Waals surface area contributed by atoms with Gasteiger partial charge in [0.05, 0.1) is 12.6 Å². The first-order chi connectivity index (χ1) is 7.24. The van der Waals surface area contributed by atoms with E-state index in [-0.39, 0.29) is 11.9 Å². The Balaban J connectivity index is 3.58. The number of carbonyl (C=O) groups excluding carboxylic acids is 1. The molecule has 3 heteroatoms. The van der Waals surface area contributed by atoms with Gasteiger partial charge >= 0.3 is 0 Å². The summed E-state index contributed by atoms with van der Waals surface area (Å²) in [4.78, 5) is 11.4. The van der Waals surface area contributed by atoms with Crippen LogP contribution in [-0.2, 0) is 9.53 Å². The average molecular weight is 211 g/mol. The van der Waals surface area contributed by atoms with Crippen LogP contribution < -0.4 is 5.32 Å². The van der Waals surface area contributed by atoms with Crippen molar-refractivity contribution in [2.45, 2.75) is 45.6 Å². The first kappa shape index (κ1) is 14.0. The van der Waals surface area contributed by atoms with E-state index in [0.717, 1.165) is 19.3 Å². The van der Waals surface area contributed by atoms with Crippen LogP contribution >= 0.6 is 0 Å². The van der Waals surface area contributed by atoms with Crippen molar-refractivity contribution in [2.24, 2.45) is 0 Å². The van der Waals surface area contributed by atoms with E-state index < -0.39 is 0 Å². The van der Waals surface area contributed by atoms with Gasteiger partial charge in [0.15, 0.2) is 0 Å². The quantitative estimate of drug-likeness (QED) is 0.490. The molecule has 0 spiro atoms. The molecule has 0 saturated heterocycles. The van der Waals surface area contributed by atoms with Crippen molar-refractivity contribution >= 4 is 5.91 Å². The molecule has 86 valence electrons. The van der Waals surface area contributed by atoms with E-state index in [4.69, 9.17) is 11.2 Å². The molecule has 0 aromatic rings. The zero-order valence-electron chi connectivity index (χ0n) is 9.71. The van der Waals surface area contributed by atoms with Gasteiger partial charge in [0, 0.05) is 13.0 Å². The zero-order chi connectivity index (χ0) is 11.5. The summed E-state index contributed by atoms with van der Waals surface area (Å²) in [6.45, 7) is 5.26. The Morgan fingerprint density at radius 1 is 1.40 bits per heavy atom. The first-order valence-corrected chi connectivity index (χ1v) is 5.57. The van der Waals surface area contributed by atoms with Crippen LogP contribution in [0.2, 0.25) is 0 Å². The fourth-order valence-electron chi connectivity index (χ4n) is 1.16. The summed E-state index contributed by atoms with van der Waals surface area (Å²) in [5.41, 5.74) is 0. The van der Waals surface area contributed by atoms with E-state index >= 15 is 0 Å². The highest BCUT2D eigenvalue weighted by Gasteiger charge is 2.07. The second-order valence-electron chi connectivity index (χ2n) is 3.44. The van der Waals surface area contributed by atoms with Crippen molar-refractivity contribution in [3.8, 4) is 12.3 Å². The molecule has 0 bridgehead atoms. The lowest BCUT2D eigenvalue weighted by atomic mass is 10.2. The number of terminal acetylenes is 1. The molecule has 15 heavy (non-hydrogen) atoms. The van der Waals surface area contributed by atoms with Gasteiger partial charge in [0.1, 0.15) is 0 Å². The van der Waals surface area contributed by atoms with E-state index in [1.807, 2.05) is 13.8 Å². The van der Waals surface area contributed by atoms with Gasteiger partial charge < -0.3 is 10.1 Å². The van der Waals surface area contributed by atoms with Gasteiger partial charge in [-0.05, 0) is 12.8 Å². The minimum atomic E-state index is -0.131. The van der Waals surface area contributed by atoms with Gasteiger partial charge in [0.2, 0.25) is 5.91 Å². The normalized spacial score (nSPS) is 11.8. The van der Waals surface area contributed by atoms with E-state index in [9.17, 15) is 4.79 Å². The summed E-state index contributed by atoms with van der Waals surface area (Å²) >= 11 is 0. The average Bonchev–Trinajstić information content (AvgIpc) is 2.24. The van der Waals surface area contributed by atoms with Crippen LogP contribution in [-0.4, -0.2) is 25.2 Å². The molecular formula is C12H21NO2. The van der Waals surface area contributed by atoms with Crippen molar-refractivity contribution in [2.75, 3.05) is 13.2 Å². The van der Waals surface area contributed by atoms with Crippen LogP contribution in [0.4, 0.5) is 0 Å². The van der Waals surface area contributed by atoms with Crippen LogP contribution in [0.1, 0.15) is 39.5 Å². The summed E-state index contributed by atoms with van der Waals surface area (Å²) in [7, 11) is 0. The number of carbonyl (C=O) groups is 1. The van der Waals surface area contributed by atoms with Crippen LogP contribution in [0.25, 0.3) is 0 Å². The molecule has 0 aromatic carbocycles. The highest BCUT2D eigenvalue weighted by atomic mass is 16.5. The predicted octanol–water partition coefficient (Wildman–Crippen LogP) is 1.72. The number of hydrogen-bond acceptors (Lipinski definition) is 2. The molecule has 0 aliphatic carbocycles. The van der Waals surface area contributed by atoms with Gasteiger partial charge in [-0.1, -0.05) is 26.2 Å². The SMILES string of the molecule is C#CC(CCC)NC(=O)CCOCCC. The van der Waals surface area contributed by atoms with E-state index in [0.29, 0.717) is 19.6 Å². The second kappa shape index (κ2) is 9.54. The van der Waals surface area contributed by atoms with Crippen molar-refractivity contribution in [1.82, 2.24) is 5.32 Å². The lowest BCUT2D eigenvalue weighted by Crippen LogP contribution is -2.34. The molecule has 0 aromatic heterocycles. The summed E-state index contributed by atoms with van der Waals surface area (Å²) in [6.07, 6.45) is 8.46. The van der Waals surface area contributed by atoms with Gasteiger partial charge in [0.25, 0.3) is 0 Å². The standard InChI is InChI=1S/C12H21NO2/c1-4-7-11(6-3)13-12(14)8-10-15-9-5-2/h3,11H,4-5,7-10H2,1-2H3,(H,13,14). The molecule has 0 saturated carbocycles. The molecule has 0 aliphatic heterocycles. The summed E-state index contributed by atoms with van der Waals surface area (Å²) in [5, 5.41) is 2.79.